The van der Waals surface area contributed by atoms with Crippen LogP contribution in [0.4, 0.5) is 10.5 Å². The number of carbonyl (C=O) groups is 1. The van der Waals surface area contributed by atoms with E-state index < -0.39 is 6.09 Å². The van der Waals surface area contributed by atoms with Crippen LogP contribution in [0.25, 0.3) is 0 Å². The fourth-order valence-electron chi connectivity index (χ4n) is 1.02. The lowest BCUT2D eigenvalue weighted by Crippen LogP contribution is -2.19. The Morgan fingerprint density at radius 2 is 2.00 bits per heavy atom. The number of nitrogens with one attached hydrogen (secondary N) is 1. The quantitative estimate of drug-likeness (QED) is 0.821. The van der Waals surface area contributed by atoms with Gasteiger partial charge in [0.25, 0.3) is 0 Å². The van der Waals surface area contributed by atoms with Crippen LogP contribution in [0.15, 0.2) is 12.4 Å². The normalized spacial score (nSPS) is 12.1. The molecule has 7 heteroatoms. The summed E-state index contributed by atoms with van der Waals surface area (Å²) in [5.74, 6) is 0. The standard InChI is InChI=1S/C11H17N3O4/c1-7(2)17-11(16)14-9-4-12-10(13-5-9)18-8(3)6-15/h4-5,7-8,15H,6H2,1-3H3,(H,14,16)/t8-/m0/s1. The van der Waals surface area contributed by atoms with E-state index in [4.69, 9.17) is 14.6 Å². The molecule has 0 aliphatic carbocycles. The molecule has 0 aliphatic rings. The largest absolute Gasteiger partial charge is 0.458 e. The Labute approximate surface area is 105 Å². The zero-order valence-corrected chi connectivity index (χ0v) is 10.6. The molecular formula is C11H17N3O4. The van der Waals surface area contributed by atoms with Crippen molar-refractivity contribution in [1.82, 2.24) is 9.97 Å². The number of aliphatic hydroxyl groups is 1. The van der Waals surface area contributed by atoms with E-state index in [0.29, 0.717) is 5.69 Å². The van der Waals surface area contributed by atoms with Gasteiger partial charge in [0, 0.05) is 0 Å². The Balaban J connectivity index is 2.52. The molecule has 1 aromatic rings. The Morgan fingerprint density at radius 1 is 1.39 bits per heavy atom. The molecule has 0 saturated carbocycles. The van der Waals surface area contributed by atoms with Gasteiger partial charge in [0.15, 0.2) is 0 Å². The molecule has 2 N–H and O–H groups in total. The van der Waals surface area contributed by atoms with Crippen molar-refractivity contribution in [2.75, 3.05) is 11.9 Å². The Hall–Kier alpha value is -1.89. The number of ether oxygens (including phenoxy) is 2. The molecule has 0 bridgehead atoms. The molecule has 1 heterocycles. The fraction of sp³-hybridized carbons (Fsp3) is 0.545. The van der Waals surface area contributed by atoms with Crippen LogP contribution < -0.4 is 10.1 Å². The fourth-order valence-corrected chi connectivity index (χ4v) is 1.02. The van der Waals surface area contributed by atoms with Crippen LogP contribution in [0.5, 0.6) is 6.01 Å². The Morgan fingerprint density at radius 3 is 2.50 bits per heavy atom. The SMILES string of the molecule is CC(C)OC(=O)Nc1cnc(O[C@@H](C)CO)nc1. The van der Waals surface area contributed by atoms with Gasteiger partial charge < -0.3 is 14.6 Å². The van der Waals surface area contributed by atoms with Crippen molar-refractivity contribution in [2.24, 2.45) is 0 Å². The van der Waals surface area contributed by atoms with Crippen molar-refractivity contribution in [3.63, 3.8) is 0 Å². The van der Waals surface area contributed by atoms with E-state index >= 15 is 0 Å². The monoisotopic (exact) mass is 255 g/mol. The van der Waals surface area contributed by atoms with Crippen molar-refractivity contribution in [2.45, 2.75) is 33.0 Å². The smallest absolute Gasteiger partial charge is 0.411 e. The second-order valence-electron chi connectivity index (χ2n) is 3.94. The second kappa shape index (κ2) is 6.75. The first-order chi connectivity index (χ1) is 8.51. The van der Waals surface area contributed by atoms with Crippen LogP contribution in [0.2, 0.25) is 0 Å². The molecular weight excluding hydrogens is 238 g/mol. The highest BCUT2D eigenvalue weighted by Gasteiger charge is 2.08. The predicted octanol–water partition coefficient (Wildman–Crippen LogP) is 1.19. The summed E-state index contributed by atoms with van der Waals surface area (Å²) in [5.41, 5.74) is 0.407. The van der Waals surface area contributed by atoms with Crippen molar-refractivity contribution < 1.29 is 19.4 Å². The zero-order chi connectivity index (χ0) is 13.5. The summed E-state index contributed by atoms with van der Waals surface area (Å²) >= 11 is 0. The minimum absolute atomic E-state index is 0.121. The maximum Gasteiger partial charge on any atom is 0.411 e. The summed E-state index contributed by atoms with van der Waals surface area (Å²) in [6.45, 7) is 5.08. The lowest BCUT2D eigenvalue weighted by Gasteiger charge is -2.11. The molecule has 0 unspecified atom stereocenters. The van der Waals surface area contributed by atoms with Crippen molar-refractivity contribution in [1.29, 1.82) is 0 Å². The van der Waals surface area contributed by atoms with Gasteiger partial charge in [-0.15, -0.1) is 0 Å². The zero-order valence-electron chi connectivity index (χ0n) is 10.6. The van der Waals surface area contributed by atoms with Crippen LogP contribution in [0, 0.1) is 0 Å². The molecule has 1 amide bonds. The minimum Gasteiger partial charge on any atom is -0.458 e. The van der Waals surface area contributed by atoms with Gasteiger partial charge >= 0.3 is 12.1 Å². The maximum absolute atomic E-state index is 11.3. The van der Waals surface area contributed by atoms with Gasteiger partial charge in [-0.1, -0.05) is 0 Å². The number of amides is 1. The van der Waals surface area contributed by atoms with E-state index in [0.717, 1.165) is 0 Å². The predicted molar refractivity (Wildman–Crippen MR) is 64.4 cm³/mol. The van der Waals surface area contributed by atoms with Gasteiger partial charge in [0.05, 0.1) is 30.8 Å². The molecule has 7 nitrogen and oxygen atoms in total. The number of hydrogen-bond donors (Lipinski definition) is 2. The van der Waals surface area contributed by atoms with E-state index in [-0.39, 0.29) is 24.8 Å². The average molecular weight is 255 g/mol. The van der Waals surface area contributed by atoms with Crippen LogP contribution in [-0.4, -0.2) is 40.0 Å². The summed E-state index contributed by atoms with van der Waals surface area (Å²) in [6, 6.07) is 0.138. The Bertz CT molecular complexity index is 380. The van der Waals surface area contributed by atoms with E-state index in [1.807, 2.05) is 0 Å². The molecule has 0 saturated heterocycles. The third kappa shape index (κ3) is 4.96. The van der Waals surface area contributed by atoms with Crippen molar-refractivity contribution >= 4 is 11.8 Å². The highest BCUT2D eigenvalue weighted by molar-refractivity contribution is 5.84. The molecule has 0 radical (unpaired) electrons. The van der Waals surface area contributed by atoms with Gasteiger partial charge in [0.2, 0.25) is 0 Å². The summed E-state index contributed by atoms with van der Waals surface area (Å²) in [6.07, 6.45) is 1.65. The van der Waals surface area contributed by atoms with Gasteiger partial charge in [-0.3, -0.25) is 5.32 Å². The summed E-state index contributed by atoms with van der Waals surface area (Å²) in [4.78, 5) is 19.0. The molecule has 0 aliphatic heterocycles. The van der Waals surface area contributed by atoms with Crippen molar-refractivity contribution in [3.05, 3.63) is 12.4 Å². The third-order valence-corrected chi connectivity index (χ3v) is 1.78. The molecule has 1 aromatic heterocycles. The first-order valence-electron chi connectivity index (χ1n) is 5.58. The number of rotatable bonds is 5. The van der Waals surface area contributed by atoms with Gasteiger partial charge in [-0.25, -0.2) is 14.8 Å². The van der Waals surface area contributed by atoms with E-state index in [1.54, 1.807) is 20.8 Å². The van der Waals surface area contributed by atoms with Gasteiger partial charge in [-0.2, -0.15) is 0 Å². The lowest BCUT2D eigenvalue weighted by atomic mass is 10.4. The topological polar surface area (TPSA) is 93.6 Å². The van der Waals surface area contributed by atoms with Gasteiger partial charge in [-0.05, 0) is 20.8 Å². The van der Waals surface area contributed by atoms with E-state index in [2.05, 4.69) is 15.3 Å². The van der Waals surface area contributed by atoms with Crippen LogP contribution in [-0.2, 0) is 4.74 Å². The first kappa shape index (κ1) is 14.2. The highest BCUT2D eigenvalue weighted by Crippen LogP contribution is 2.09. The number of carbonyl (C=O) groups excluding carboxylic acids is 1. The summed E-state index contributed by atoms with van der Waals surface area (Å²) in [5, 5.41) is 11.3. The second-order valence-corrected chi connectivity index (χ2v) is 3.94. The molecule has 1 rings (SSSR count). The lowest BCUT2D eigenvalue weighted by molar-refractivity contribution is 0.120. The molecule has 100 valence electrons. The molecule has 0 aromatic carbocycles. The van der Waals surface area contributed by atoms with Crippen LogP contribution >= 0.6 is 0 Å². The summed E-state index contributed by atoms with van der Waals surface area (Å²) in [7, 11) is 0. The first-order valence-corrected chi connectivity index (χ1v) is 5.58. The Kier molecular flexibility index (Phi) is 5.31. The maximum atomic E-state index is 11.3. The highest BCUT2D eigenvalue weighted by atomic mass is 16.6. The average Bonchev–Trinajstić information content (AvgIpc) is 2.30. The third-order valence-electron chi connectivity index (χ3n) is 1.78. The molecule has 18 heavy (non-hydrogen) atoms. The van der Waals surface area contributed by atoms with E-state index in [1.165, 1.54) is 12.4 Å². The minimum atomic E-state index is -0.564. The van der Waals surface area contributed by atoms with E-state index in [9.17, 15) is 4.79 Å². The number of hydrogen-bond acceptors (Lipinski definition) is 6. The molecule has 0 fully saturated rings. The summed E-state index contributed by atoms with van der Waals surface area (Å²) < 4.78 is 10.1. The number of aromatic nitrogens is 2. The van der Waals surface area contributed by atoms with Gasteiger partial charge in [0.1, 0.15) is 6.10 Å². The molecule has 1 atom stereocenters. The number of anilines is 1. The number of nitrogens with zero attached hydrogens (tertiary/aromatic N) is 2. The van der Waals surface area contributed by atoms with Crippen LogP contribution in [0.3, 0.4) is 0 Å². The number of aliphatic hydroxyl groups excluding tert-OH is 1. The molecule has 0 spiro atoms. The van der Waals surface area contributed by atoms with Crippen molar-refractivity contribution in [3.8, 4) is 6.01 Å². The van der Waals surface area contributed by atoms with Crippen LogP contribution in [0.1, 0.15) is 20.8 Å².